The monoisotopic (exact) mass is 305 g/mol. The average Bonchev–Trinajstić information content (AvgIpc) is 2.98. The van der Waals surface area contributed by atoms with Crippen LogP contribution in [0.1, 0.15) is 56.2 Å². The molecule has 6 heteroatoms. The number of aryl methyl sites for hydroxylation is 4. The van der Waals surface area contributed by atoms with E-state index in [-0.39, 0.29) is 5.91 Å². The predicted molar refractivity (Wildman–Crippen MR) is 80.8 cm³/mol. The van der Waals surface area contributed by atoms with Crippen LogP contribution in [0, 0.1) is 20.8 Å². The molecule has 0 radical (unpaired) electrons. The molecule has 0 saturated carbocycles. The van der Waals surface area contributed by atoms with Crippen LogP contribution in [0.25, 0.3) is 0 Å². The second-order valence-corrected chi connectivity index (χ2v) is 6.83. The van der Waals surface area contributed by atoms with Crippen molar-refractivity contribution in [1.82, 2.24) is 15.5 Å². The van der Waals surface area contributed by atoms with Crippen LogP contribution in [0.5, 0.6) is 0 Å². The Hall–Kier alpha value is -1.69. The number of hydrogen-bond donors (Lipinski definition) is 1. The van der Waals surface area contributed by atoms with Crippen molar-refractivity contribution in [2.24, 2.45) is 0 Å². The molecule has 0 aliphatic heterocycles. The van der Waals surface area contributed by atoms with E-state index < -0.39 is 0 Å². The highest BCUT2D eigenvalue weighted by Gasteiger charge is 2.25. The summed E-state index contributed by atoms with van der Waals surface area (Å²) in [5, 5.41) is 7.95. The number of nitrogens with zero attached hydrogens (tertiary/aromatic N) is 2. The summed E-state index contributed by atoms with van der Waals surface area (Å²) in [5.41, 5.74) is 2.38. The zero-order chi connectivity index (χ0) is 15.0. The summed E-state index contributed by atoms with van der Waals surface area (Å²) in [6.45, 7) is 6.22. The van der Waals surface area contributed by atoms with Gasteiger partial charge in [0.15, 0.2) is 0 Å². The van der Waals surface area contributed by atoms with Gasteiger partial charge < -0.3 is 9.84 Å². The minimum Gasteiger partial charge on any atom is -0.361 e. The normalized spacial score (nSPS) is 17.6. The number of carbonyl (C=O) groups excluding carboxylic acids is 1. The number of aromatic nitrogens is 2. The quantitative estimate of drug-likeness (QED) is 0.946. The average molecular weight is 305 g/mol. The molecule has 1 N–H and O–H groups in total. The van der Waals surface area contributed by atoms with Crippen LogP contribution in [0.2, 0.25) is 0 Å². The van der Waals surface area contributed by atoms with E-state index >= 15 is 0 Å². The molecular weight excluding hydrogens is 286 g/mol. The summed E-state index contributed by atoms with van der Waals surface area (Å²) in [5.74, 6) is 0.785. The lowest BCUT2D eigenvalue weighted by Gasteiger charge is -2.21. The van der Waals surface area contributed by atoms with Crippen LogP contribution in [-0.4, -0.2) is 22.6 Å². The number of fused-ring (bicyclic) bond motifs is 1. The third kappa shape index (κ3) is 2.72. The predicted octanol–water partition coefficient (Wildman–Crippen LogP) is 2.91. The molecule has 0 bridgehead atoms. The Balaban J connectivity index is 1.70. The number of rotatable bonds is 3. The molecule has 3 rings (SSSR count). The Bertz CT molecular complexity index is 655. The Kier molecular flexibility index (Phi) is 3.80. The smallest absolute Gasteiger partial charge is 0.256 e. The van der Waals surface area contributed by atoms with Crippen LogP contribution < -0.4 is 5.32 Å². The summed E-state index contributed by atoms with van der Waals surface area (Å²) in [7, 11) is 0. The topological polar surface area (TPSA) is 68.0 Å². The molecule has 2 aromatic rings. The standard InChI is InChI=1S/C15H19N3O2S/c1-8-13(9(2)20-18-8)15(19)16-7-11-5-4-6-12-14(11)17-10(3)21-12/h11H,4-7H2,1-3H3,(H,16,19). The molecule has 2 heterocycles. The van der Waals surface area contributed by atoms with Crippen LogP contribution in [-0.2, 0) is 6.42 Å². The van der Waals surface area contributed by atoms with Gasteiger partial charge in [-0.25, -0.2) is 4.98 Å². The van der Waals surface area contributed by atoms with E-state index in [9.17, 15) is 4.79 Å². The molecule has 5 nitrogen and oxygen atoms in total. The van der Waals surface area contributed by atoms with Crippen molar-refractivity contribution in [3.05, 3.63) is 32.6 Å². The third-order valence-electron chi connectivity index (χ3n) is 3.95. The van der Waals surface area contributed by atoms with Crippen LogP contribution in [0.3, 0.4) is 0 Å². The number of carbonyl (C=O) groups is 1. The van der Waals surface area contributed by atoms with Crippen molar-refractivity contribution in [2.45, 2.75) is 46.0 Å². The van der Waals surface area contributed by atoms with Crippen molar-refractivity contribution in [2.75, 3.05) is 6.54 Å². The van der Waals surface area contributed by atoms with Gasteiger partial charge in [0.2, 0.25) is 0 Å². The molecular formula is C15H19N3O2S. The van der Waals surface area contributed by atoms with Crippen molar-refractivity contribution < 1.29 is 9.32 Å². The molecule has 0 spiro atoms. The van der Waals surface area contributed by atoms with Gasteiger partial charge in [-0.15, -0.1) is 11.3 Å². The van der Waals surface area contributed by atoms with Gasteiger partial charge in [-0.05, 0) is 40.0 Å². The number of nitrogens with one attached hydrogen (secondary N) is 1. The Morgan fingerprint density at radius 3 is 2.95 bits per heavy atom. The third-order valence-corrected chi connectivity index (χ3v) is 4.99. The van der Waals surface area contributed by atoms with Crippen molar-refractivity contribution in [3.63, 3.8) is 0 Å². The molecule has 1 aliphatic rings. The van der Waals surface area contributed by atoms with E-state index in [0.29, 0.717) is 29.5 Å². The zero-order valence-corrected chi connectivity index (χ0v) is 13.3. The van der Waals surface area contributed by atoms with Gasteiger partial charge in [0.25, 0.3) is 5.91 Å². The molecule has 2 aromatic heterocycles. The minimum absolute atomic E-state index is 0.106. The van der Waals surface area contributed by atoms with E-state index in [1.165, 1.54) is 17.0 Å². The van der Waals surface area contributed by atoms with Gasteiger partial charge in [0.1, 0.15) is 11.3 Å². The molecule has 1 atom stereocenters. The summed E-state index contributed by atoms with van der Waals surface area (Å²) >= 11 is 1.78. The highest BCUT2D eigenvalue weighted by Crippen LogP contribution is 2.34. The molecule has 0 aromatic carbocycles. The fourth-order valence-electron chi connectivity index (χ4n) is 2.94. The van der Waals surface area contributed by atoms with Crippen LogP contribution >= 0.6 is 11.3 Å². The van der Waals surface area contributed by atoms with E-state index in [4.69, 9.17) is 4.52 Å². The van der Waals surface area contributed by atoms with Crippen molar-refractivity contribution in [3.8, 4) is 0 Å². The minimum atomic E-state index is -0.106. The summed E-state index contributed by atoms with van der Waals surface area (Å²) in [6.07, 6.45) is 3.37. The van der Waals surface area contributed by atoms with Crippen LogP contribution in [0.15, 0.2) is 4.52 Å². The summed E-state index contributed by atoms with van der Waals surface area (Å²) < 4.78 is 5.05. The Morgan fingerprint density at radius 2 is 2.24 bits per heavy atom. The summed E-state index contributed by atoms with van der Waals surface area (Å²) in [4.78, 5) is 18.3. The first kappa shape index (κ1) is 14.3. The lowest BCUT2D eigenvalue weighted by Crippen LogP contribution is -2.30. The SMILES string of the molecule is Cc1nc2c(s1)CCCC2CNC(=O)c1c(C)noc1C. The van der Waals surface area contributed by atoms with E-state index in [0.717, 1.165) is 17.8 Å². The van der Waals surface area contributed by atoms with Gasteiger partial charge in [-0.1, -0.05) is 5.16 Å². The fourth-order valence-corrected chi connectivity index (χ4v) is 4.00. The molecule has 0 saturated heterocycles. The first-order valence-corrected chi connectivity index (χ1v) is 8.05. The number of thiazole rings is 1. The summed E-state index contributed by atoms with van der Waals surface area (Å²) in [6, 6.07) is 0. The van der Waals surface area contributed by atoms with E-state index in [2.05, 4.69) is 15.5 Å². The Morgan fingerprint density at radius 1 is 1.43 bits per heavy atom. The second kappa shape index (κ2) is 5.60. The van der Waals surface area contributed by atoms with Gasteiger partial charge >= 0.3 is 0 Å². The highest BCUT2D eigenvalue weighted by molar-refractivity contribution is 7.11. The second-order valence-electron chi connectivity index (χ2n) is 5.54. The zero-order valence-electron chi connectivity index (χ0n) is 12.5. The van der Waals surface area contributed by atoms with E-state index in [1.807, 2.05) is 6.92 Å². The largest absolute Gasteiger partial charge is 0.361 e. The molecule has 1 aliphatic carbocycles. The van der Waals surface area contributed by atoms with Gasteiger partial charge in [-0.3, -0.25) is 4.79 Å². The first-order valence-electron chi connectivity index (χ1n) is 7.23. The maximum Gasteiger partial charge on any atom is 0.256 e. The molecule has 112 valence electrons. The fraction of sp³-hybridized carbons (Fsp3) is 0.533. The van der Waals surface area contributed by atoms with Gasteiger partial charge in [0.05, 0.1) is 16.4 Å². The van der Waals surface area contributed by atoms with E-state index in [1.54, 1.807) is 25.2 Å². The highest BCUT2D eigenvalue weighted by atomic mass is 32.1. The lowest BCUT2D eigenvalue weighted by molar-refractivity contribution is 0.0948. The first-order chi connectivity index (χ1) is 10.1. The van der Waals surface area contributed by atoms with Crippen LogP contribution in [0.4, 0.5) is 0 Å². The maximum absolute atomic E-state index is 12.3. The Labute approximate surface area is 127 Å². The van der Waals surface area contributed by atoms with Gasteiger partial charge in [-0.2, -0.15) is 0 Å². The van der Waals surface area contributed by atoms with Gasteiger partial charge in [0, 0.05) is 17.3 Å². The molecule has 1 unspecified atom stereocenters. The lowest BCUT2D eigenvalue weighted by atomic mass is 9.91. The number of amides is 1. The molecule has 0 fully saturated rings. The molecule has 1 amide bonds. The molecule has 21 heavy (non-hydrogen) atoms. The van der Waals surface area contributed by atoms with Crippen molar-refractivity contribution >= 4 is 17.2 Å². The van der Waals surface area contributed by atoms with Crippen molar-refractivity contribution in [1.29, 1.82) is 0 Å². The number of hydrogen-bond acceptors (Lipinski definition) is 5. The maximum atomic E-state index is 12.3.